The highest BCUT2D eigenvalue weighted by Crippen LogP contribution is 2.29. The second kappa shape index (κ2) is 5.06. The van der Waals surface area contributed by atoms with Crippen LogP contribution in [0.3, 0.4) is 0 Å². The zero-order valence-electron chi connectivity index (χ0n) is 9.41. The van der Waals surface area contributed by atoms with E-state index in [9.17, 15) is 8.78 Å². The molecule has 5 heteroatoms. The fourth-order valence-corrected chi connectivity index (χ4v) is 2.33. The number of hydrogen-bond donors (Lipinski definition) is 1. The maximum atomic E-state index is 13.2. The predicted molar refractivity (Wildman–Crippen MR) is 65.7 cm³/mol. The minimum atomic E-state index is -0.909. The summed E-state index contributed by atoms with van der Waals surface area (Å²) >= 11 is 1.65. The van der Waals surface area contributed by atoms with E-state index in [2.05, 4.69) is 4.31 Å². The lowest BCUT2D eigenvalue weighted by atomic mass is 10.00. The van der Waals surface area contributed by atoms with E-state index in [1.54, 1.807) is 11.9 Å². The van der Waals surface area contributed by atoms with Gasteiger partial charge in [0.25, 0.3) is 0 Å². The molecule has 0 unspecified atom stereocenters. The highest BCUT2D eigenvalue weighted by atomic mass is 32.2. The quantitative estimate of drug-likeness (QED) is 0.824. The monoisotopic (exact) mass is 257 g/mol. The largest absolute Gasteiger partial charge is 0.503 e. The number of hydrogen-bond acceptors (Lipinski definition) is 3. The van der Waals surface area contributed by atoms with Crippen molar-refractivity contribution < 1.29 is 13.9 Å². The van der Waals surface area contributed by atoms with E-state index in [-0.39, 0.29) is 0 Å². The number of rotatable bonds is 2. The highest BCUT2D eigenvalue weighted by Gasteiger charge is 2.15. The molecule has 0 radical (unpaired) electrons. The third-order valence-corrected chi connectivity index (χ3v) is 3.67. The van der Waals surface area contributed by atoms with Gasteiger partial charge in [-0.25, -0.2) is 13.1 Å². The van der Waals surface area contributed by atoms with Crippen LogP contribution in [0.15, 0.2) is 18.2 Å². The van der Waals surface area contributed by atoms with Crippen molar-refractivity contribution in [3.05, 3.63) is 35.4 Å². The van der Waals surface area contributed by atoms with Gasteiger partial charge >= 0.3 is 0 Å². The third kappa shape index (κ3) is 2.61. The highest BCUT2D eigenvalue weighted by molar-refractivity contribution is 7.96. The van der Waals surface area contributed by atoms with Crippen LogP contribution in [0, 0.1) is 11.6 Å². The molecule has 0 aromatic heterocycles. The van der Waals surface area contributed by atoms with Gasteiger partial charge in [-0.2, -0.15) is 0 Å². The Hall–Kier alpha value is -1.07. The second-order valence-electron chi connectivity index (χ2n) is 3.84. The van der Waals surface area contributed by atoms with E-state index in [0.29, 0.717) is 5.56 Å². The van der Waals surface area contributed by atoms with Gasteiger partial charge in [-0.1, -0.05) is 18.0 Å². The molecule has 0 bridgehead atoms. The van der Waals surface area contributed by atoms with E-state index in [1.807, 2.05) is 12.3 Å². The molecule has 1 aromatic rings. The van der Waals surface area contributed by atoms with E-state index >= 15 is 0 Å². The van der Waals surface area contributed by atoms with Gasteiger partial charge in [0.05, 0.1) is 0 Å². The van der Waals surface area contributed by atoms with Crippen LogP contribution in [0.25, 0.3) is 5.57 Å². The zero-order valence-corrected chi connectivity index (χ0v) is 10.2. The number of halogens is 2. The van der Waals surface area contributed by atoms with Gasteiger partial charge in [0, 0.05) is 13.1 Å². The number of aromatic hydroxyl groups is 1. The first-order valence-electron chi connectivity index (χ1n) is 5.28. The SMILES string of the molecule is CSN1CC=C(c2cc(F)c(O)c(F)c2)CC1. The Morgan fingerprint density at radius 2 is 1.94 bits per heavy atom. The normalized spacial score (nSPS) is 17.0. The maximum absolute atomic E-state index is 13.2. The molecule has 0 aliphatic carbocycles. The van der Waals surface area contributed by atoms with E-state index in [1.165, 1.54) is 12.1 Å². The van der Waals surface area contributed by atoms with Gasteiger partial charge < -0.3 is 5.11 Å². The first-order chi connectivity index (χ1) is 8.11. The van der Waals surface area contributed by atoms with Crippen LogP contribution >= 0.6 is 11.9 Å². The van der Waals surface area contributed by atoms with Crippen molar-refractivity contribution in [2.75, 3.05) is 19.3 Å². The summed E-state index contributed by atoms with van der Waals surface area (Å²) in [6, 6.07) is 2.36. The van der Waals surface area contributed by atoms with Gasteiger partial charge in [0.2, 0.25) is 0 Å². The molecule has 1 N–H and O–H groups in total. The van der Waals surface area contributed by atoms with Gasteiger partial charge in [-0.15, -0.1) is 0 Å². The summed E-state index contributed by atoms with van der Waals surface area (Å²) in [5, 5.41) is 9.03. The van der Waals surface area contributed by atoms with Crippen LogP contribution in [-0.4, -0.2) is 28.8 Å². The fraction of sp³-hybridized carbons (Fsp3) is 0.333. The van der Waals surface area contributed by atoms with Crippen LogP contribution in [0.5, 0.6) is 5.75 Å². The lowest BCUT2D eigenvalue weighted by Crippen LogP contribution is -2.21. The van der Waals surface area contributed by atoms with Crippen molar-refractivity contribution in [2.24, 2.45) is 0 Å². The molecule has 0 saturated heterocycles. The van der Waals surface area contributed by atoms with Crippen LogP contribution in [0.1, 0.15) is 12.0 Å². The third-order valence-electron chi connectivity index (χ3n) is 2.82. The van der Waals surface area contributed by atoms with Crippen molar-refractivity contribution >= 4 is 17.5 Å². The minimum Gasteiger partial charge on any atom is -0.503 e. The van der Waals surface area contributed by atoms with Crippen LogP contribution in [0.4, 0.5) is 8.78 Å². The molecule has 0 saturated carbocycles. The Labute approximate surface area is 103 Å². The number of phenolic OH excluding ortho intramolecular Hbond substituents is 1. The average Bonchev–Trinajstić information content (AvgIpc) is 2.35. The van der Waals surface area contributed by atoms with Crippen molar-refractivity contribution in [3.8, 4) is 5.75 Å². The van der Waals surface area contributed by atoms with Crippen molar-refractivity contribution in [2.45, 2.75) is 6.42 Å². The van der Waals surface area contributed by atoms with Gasteiger partial charge in [0.15, 0.2) is 17.4 Å². The summed E-state index contributed by atoms with van der Waals surface area (Å²) in [5.74, 6) is -2.72. The summed E-state index contributed by atoms with van der Waals surface area (Å²) in [6.07, 6.45) is 4.72. The standard InChI is InChI=1S/C12H13F2NOS/c1-17-15-4-2-8(3-5-15)9-6-10(13)12(16)11(14)7-9/h2,6-7,16H,3-5H2,1H3. The first kappa shape index (κ1) is 12.4. The zero-order chi connectivity index (χ0) is 12.4. The van der Waals surface area contributed by atoms with Crippen LogP contribution < -0.4 is 0 Å². The van der Waals surface area contributed by atoms with E-state index < -0.39 is 17.4 Å². The van der Waals surface area contributed by atoms with Crippen LogP contribution in [0.2, 0.25) is 0 Å². The Kier molecular flexibility index (Phi) is 3.69. The van der Waals surface area contributed by atoms with Gasteiger partial charge in [-0.05, 0) is 35.9 Å². The van der Waals surface area contributed by atoms with Crippen molar-refractivity contribution in [3.63, 3.8) is 0 Å². The molecule has 92 valence electrons. The average molecular weight is 257 g/mol. The summed E-state index contributed by atoms with van der Waals surface area (Å²) in [7, 11) is 0. The summed E-state index contributed by atoms with van der Waals surface area (Å²) in [4.78, 5) is 0. The smallest absolute Gasteiger partial charge is 0.187 e. The second-order valence-corrected chi connectivity index (χ2v) is 4.72. The lowest BCUT2D eigenvalue weighted by Gasteiger charge is -2.23. The Morgan fingerprint density at radius 3 is 2.41 bits per heavy atom. The summed E-state index contributed by atoms with van der Waals surface area (Å²) in [6.45, 7) is 1.62. The van der Waals surface area contributed by atoms with Crippen molar-refractivity contribution in [1.82, 2.24) is 4.31 Å². The lowest BCUT2D eigenvalue weighted by molar-refractivity contribution is 0.396. The predicted octanol–water partition coefficient (Wildman–Crippen LogP) is 3.04. The molecule has 1 aromatic carbocycles. The first-order valence-corrected chi connectivity index (χ1v) is 6.46. The minimum absolute atomic E-state index is 0.513. The summed E-state index contributed by atoms with van der Waals surface area (Å²) < 4.78 is 28.6. The molecule has 2 nitrogen and oxygen atoms in total. The molecule has 1 aliphatic heterocycles. The van der Waals surface area contributed by atoms with Crippen molar-refractivity contribution in [1.29, 1.82) is 0 Å². The molecular weight excluding hydrogens is 244 g/mol. The molecule has 17 heavy (non-hydrogen) atoms. The number of benzene rings is 1. The molecular formula is C12H13F2NOS. The topological polar surface area (TPSA) is 23.5 Å². The van der Waals surface area contributed by atoms with E-state index in [0.717, 1.165) is 25.1 Å². The Balaban J connectivity index is 2.27. The molecule has 1 heterocycles. The number of nitrogens with zero attached hydrogens (tertiary/aromatic N) is 1. The fourth-order valence-electron chi connectivity index (χ4n) is 1.83. The Morgan fingerprint density at radius 1 is 1.29 bits per heavy atom. The Bertz CT molecular complexity index is 439. The molecule has 0 fully saturated rings. The summed E-state index contributed by atoms with van der Waals surface area (Å²) in [5.41, 5.74) is 1.44. The molecule has 0 amide bonds. The van der Waals surface area contributed by atoms with Crippen LogP contribution in [-0.2, 0) is 0 Å². The van der Waals surface area contributed by atoms with E-state index in [4.69, 9.17) is 5.11 Å². The number of phenols is 1. The molecule has 1 aliphatic rings. The molecule has 0 atom stereocenters. The molecule has 0 spiro atoms. The van der Waals surface area contributed by atoms with Gasteiger partial charge in [-0.3, -0.25) is 0 Å². The molecule has 2 rings (SSSR count). The van der Waals surface area contributed by atoms with Gasteiger partial charge in [0.1, 0.15) is 0 Å². The maximum Gasteiger partial charge on any atom is 0.187 e.